The molecular weight excluding hydrogens is 386 g/mol. The van der Waals surface area contributed by atoms with Crippen molar-refractivity contribution in [3.05, 3.63) is 89.9 Å². The molecule has 0 fully saturated rings. The van der Waals surface area contributed by atoms with Crippen LogP contribution in [0.15, 0.2) is 77.4 Å². The van der Waals surface area contributed by atoms with Gasteiger partial charge in [-0.05, 0) is 43.3 Å². The Kier molecular flexibility index (Phi) is 7.00. The minimum Gasteiger partial charge on any atom is -0.482 e. The molecule has 1 N–H and O–H groups in total. The van der Waals surface area contributed by atoms with Crippen LogP contribution in [0.25, 0.3) is 0 Å². The van der Waals surface area contributed by atoms with E-state index in [2.05, 4.69) is 5.32 Å². The van der Waals surface area contributed by atoms with E-state index in [0.29, 0.717) is 22.6 Å². The first-order valence-corrected chi connectivity index (χ1v) is 9.35. The monoisotopic (exact) mass is 407 g/mol. The Balaban J connectivity index is 1.44. The molecule has 0 saturated heterocycles. The van der Waals surface area contributed by atoms with Gasteiger partial charge in [0.1, 0.15) is 11.5 Å². The lowest BCUT2D eigenvalue weighted by Crippen LogP contribution is -2.36. The normalized spacial score (nSPS) is 11.4. The van der Waals surface area contributed by atoms with Gasteiger partial charge in [0.15, 0.2) is 18.5 Å². The highest BCUT2D eigenvalue weighted by molar-refractivity contribution is 6.08. The lowest BCUT2D eigenvalue weighted by molar-refractivity contribution is -0.156. The molecule has 0 spiro atoms. The quantitative estimate of drug-likeness (QED) is 0.433. The summed E-state index contributed by atoms with van der Waals surface area (Å²) in [5.74, 6) is -0.217. The third-order valence-electron chi connectivity index (χ3n) is 4.20. The number of hydrogen-bond donors (Lipinski definition) is 1. The summed E-state index contributed by atoms with van der Waals surface area (Å²) in [5.41, 5.74) is 1.10. The van der Waals surface area contributed by atoms with Crippen molar-refractivity contribution in [1.82, 2.24) is 5.32 Å². The summed E-state index contributed by atoms with van der Waals surface area (Å²) in [6.07, 6.45) is 0.536. The molecular formula is C23H21NO6. The van der Waals surface area contributed by atoms with E-state index in [1.54, 1.807) is 60.7 Å². The first kappa shape index (κ1) is 20.9. The molecule has 0 aliphatic rings. The number of benzene rings is 2. The zero-order valence-electron chi connectivity index (χ0n) is 16.4. The first-order valence-electron chi connectivity index (χ1n) is 9.35. The van der Waals surface area contributed by atoms with Crippen LogP contribution in [0, 0.1) is 0 Å². The molecule has 3 aromatic rings. The van der Waals surface area contributed by atoms with E-state index in [9.17, 15) is 14.4 Å². The molecule has 1 aromatic heterocycles. The Bertz CT molecular complexity index is 980. The third kappa shape index (κ3) is 5.81. The second kappa shape index (κ2) is 10.1. The summed E-state index contributed by atoms with van der Waals surface area (Å²) < 4.78 is 15.6. The number of furan rings is 1. The maximum atomic E-state index is 12.4. The van der Waals surface area contributed by atoms with Crippen molar-refractivity contribution in [3.8, 4) is 5.75 Å². The van der Waals surface area contributed by atoms with Crippen molar-refractivity contribution < 1.29 is 28.3 Å². The van der Waals surface area contributed by atoms with Crippen molar-refractivity contribution in [2.24, 2.45) is 0 Å². The average molecular weight is 407 g/mol. The van der Waals surface area contributed by atoms with Gasteiger partial charge in [-0.1, -0.05) is 30.3 Å². The summed E-state index contributed by atoms with van der Waals surface area (Å²) in [4.78, 5) is 36.3. The molecule has 1 atom stereocenters. The number of carbonyl (C=O) groups excluding carboxylic acids is 3. The van der Waals surface area contributed by atoms with Crippen LogP contribution in [0.5, 0.6) is 5.75 Å². The number of carbonyl (C=O) groups is 3. The van der Waals surface area contributed by atoms with Crippen LogP contribution in [0.3, 0.4) is 0 Å². The third-order valence-corrected chi connectivity index (χ3v) is 4.20. The van der Waals surface area contributed by atoms with E-state index >= 15 is 0 Å². The molecule has 2 aromatic carbocycles. The number of ketones is 1. The van der Waals surface area contributed by atoms with Gasteiger partial charge < -0.3 is 19.2 Å². The molecule has 0 bridgehead atoms. The first-order chi connectivity index (χ1) is 14.5. The van der Waals surface area contributed by atoms with Crippen molar-refractivity contribution in [1.29, 1.82) is 0 Å². The van der Waals surface area contributed by atoms with E-state index in [0.717, 1.165) is 0 Å². The van der Waals surface area contributed by atoms with Gasteiger partial charge in [0.25, 0.3) is 5.91 Å². The van der Waals surface area contributed by atoms with Gasteiger partial charge in [-0.2, -0.15) is 0 Å². The minimum atomic E-state index is -0.970. The Morgan fingerprint density at radius 1 is 0.933 bits per heavy atom. The van der Waals surface area contributed by atoms with Crippen molar-refractivity contribution in [2.75, 3.05) is 6.61 Å². The molecule has 7 heteroatoms. The molecule has 0 radical (unpaired) electrons. The number of ether oxygens (including phenoxy) is 2. The fourth-order valence-corrected chi connectivity index (χ4v) is 2.62. The minimum absolute atomic E-state index is 0.101. The molecule has 1 amide bonds. The zero-order valence-corrected chi connectivity index (χ0v) is 16.4. The van der Waals surface area contributed by atoms with E-state index in [1.807, 2.05) is 6.07 Å². The Hall–Kier alpha value is -3.87. The lowest BCUT2D eigenvalue weighted by atomic mass is 10.0. The summed E-state index contributed by atoms with van der Waals surface area (Å²) in [5, 5.41) is 2.61. The van der Waals surface area contributed by atoms with Crippen molar-refractivity contribution in [3.63, 3.8) is 0 Å². The summed E-state index contributed by atoms with van der Waals surface area (Å²) in [7, 11) is 0. The molecule has 7 nitrogen and oxygen atoms in total. The van der Waals surface area contributed by atoms with Crippen LogP contribution in [0.2, 0.25) is 0 Å². The predicted molar refractivity (Wildman–Crippen MR) is 108 cm³/mol. The molecule has 154 valence electrons. The maximum absolute atomic E-state index is 12.4. The number of rotatable bonds is 9. The summed E-state index contributed by atoms with van der Waals surface area (Å²) in [6, 6.07) is 18.8. The average Bonchev–Trinajstić information content (AvgIpc) is 3.30. The van der Waals surface area contributed by atoms with Crippen LogP contribution in [-0.4, -0.2) is 30.4 Å². The molecule has 1 heterocycles. The van der Waals surface area contributed by atoms with Gasteiger partial charge in [0, 0.05) is 11.1 Å². The Morgan fingerprint density at radius 3 is 2.30 bits per heavy atom. The van der Waals surface area contributed by atoms with E-state index in [1.165, 1.54) is 13.2 Å². The topological polar surface area (TPSA) is 94.8 Å². The molecule has 0 aliphatic heterocycles. The van der Waals surface area contributed by atoms with E-state index < -0.39 is 18.0 Å². The number of esters is 1. The SMILES string of the molecule is C[C@@H](OC(=O)COc1ccc(C(=O)c2ccccc2)cc1)C(=O)NCc1ccco1. The highest BCUT2D eigenvalue weighted by Gasteiger charge is 2.18. The summed E-state index contributed by atoms with van der Waals surface area (Å²) >= 11 is 0. The van der Waals surface area contributed by atoms with Crippen LogP contribution in [0.1, 0.15) is 28.6 Å². The molecule has 0 saturated carbocycles. The predicted octanol–water partition coefficient (Wildman–Crippen LogP) is 3.14. The molecule has 0 aliphatic carbocycles. The van der Waals surface area contributed by atoms with Crippen LogP contribution >= 0.6 is 0 Å². The number of hydrogen-bond acceptors (Lipinski definition) is 6. The maximum Gasteiger partial charge on any atom is 0.344 e. The molecule has 0 unspecified atom stereocenters. The molecule has 30 heavy (non-hydrogen) atoms. The number of nitrogens with one attached hydrogen (secondary N) is 1. The van der Waals surface area contributed by atoms with Crippen molar-refractivity contribution >= 4 is 17.7 Å². The highest BCUT2D eigenvalue weighted by Crippen LogP contribution is 2.15. The van der Waals surface area contributed by atoms with E-state index in [-0.39, 0.29) is 18.9 Å². The van der Waals surface area contributed by atoms with Gasteiger partial charge in [0.2, 0.25) is 0 Å². The number of amides is 1. The van der Waals surface area contributed by atoms with Gasteiger partial charge in [-0.25, -0.2) is 4.79 Å². The van der Waals surface area contributed by atoms with Gasteiger partial charge in [0.05, 0.1) is 12.8 Å². The molecule has 3 rings (SSSR count). The fraction of sp³-hybridized carbons (Fsp3) is 0.174. The largest absolute Gasteiger partial charge is 0.482 e. The van der Waals surface area contributed by atoms with E-state index in [4.69, 9.17) is 13.9 Å². The van der Waals surface area contributed by atoms with Gasteiger partial charge >= 0.3 is 5.97 Å². The smallest absolute Gasteiger partial charge is 0.344 e. The fourth-order valence-electron chi connectivity index (χ4n) is 2.62. The van der Waals surface area contributed by atoms with Gasteiger partial charge in [-0.3, -0.25) is 9.59 Å². The Morgan fingerprint density at radius 2 is 1.63 bits per heavy atom. The second-order valence-electron chi connectivity index (χ2n) is 6.44. The summed E-state index contributed by atoms with van der Waals surface area (Å²) in [6.45, 7) is 1.32. The lowest BCUT2D eigenvalue weighted by Gasteiger charge is -2.13. The van der Waals surface area contributed by atoms with Crippen LogP contribution < -0.4 is 10.1 Å². The van der Waals surface area contributed by atoms with Crippen LogP contribution in [-0.2, 0) is 20.9 Å². The van der Waals surface area contributed by atoms with Crippen molar-refractivity contribution in [2.45, 2.75) is 19.6 Å². The van der Waals surface area contributed by atoms with Gasteiger partial charge in [-0.15, -0.1) is 0 Å². The highest BCUT2D eigenvalue weighted by atomic mass is 16.6. The Labute approximate surface area is 173 Å². The van der Waals surface area contributed by atoms with Crippen LogP contribution in [0.4, 0.5) is 0 Å². The second-order valence-corrected chi connectivity index (χ2v) is 6.44. The zero-order chi connectivity index (χ0) is 21.3. The standard InChI is InChI=1S/C23H21NO6/c1-16(23(27)24-14-20-8-5-13-28-20)30-21(25)15-29-19-11-9-18(10-12-19)22(26)17-6-3-2-4-7-17/h2-13,16H,14-15H2,1H3,(H,24,27)/t16-/m1/s1.